The first kappa shape index (κ1) is 13.0. The molecule has 0 unspecified atom stereocenters. The summed E-state index contributed by atoms with van der Waals surface area (Å²) >= 11 is 11.1. The third-order valence-corrected chi connectivity index (χ3v) is 4.45. The van der Waals surface area contributed by atoms with Gasteiger partial charge in [0.2, 0.25) is 0 Å². The minimum atomic E-state index is 0.403. The number of hydrogen-bond donors (Lipinski definition) is 0. The molecule has 0 saturated heterocycles. The Morgan fingerprint density at radius 3 is 2.76 bits per heavy atom. The van der Waals surface area contributed by atoms with Crippen LogP contribution in [-0.2, 0) is 11.3 Å². The van der Waals surface area contributed by atoms with Crippen LogP contribution in [0.5, 0.6) is 0 Å². The van der Waals surface area contributed by atoms with Crippen molar-refractivity contribution in [3.63, 3.8) is 0 Å². The van der Waals surface area contributed by atoms with Gasteiger partial charge in [-0.3, -0.25) is 0 Å². The third kappa shape index (κ3) is 2.85. The van der Waals surface area contributed by atoms with E-state index in [1.807, 2.05) is 19.1 Å². The Balaban J connectivity index is 2.48. The highest BCUT2D eigenvalue weighted by Crippen LogP contribution is 2.30. The predicted molar refractivity (Wildman–Crippen MR) is 73.5 cm³/mol. The van der Waals surface area contributed by atoms with Gasteiger partial charge in [0.15, 0.2) is 5.82 Å². The van der Waals surface area contributed by atoms with Crippen molar-refractivity contribution < 1.29 is 4.74 Å². The fourth-order valence-electron chi connectivity index (χ4n) is 1.36. The summed E-state index contributed by atoms with van der Waals surface area (Å²) in [5.41, 5.74) is 0.758. The van der Waals surface area contributed by atoms with Gasteiger partial charge in [-0.25, -0.2) is 9.97 Å². The van der Waals surface area contributed by atoms with E-state index in [2.05, 4.69) is 25.9 Å². The van der Waals surface area contributed by atoms with Crippen molar-refractivity contribution >= 4 is 38.9 Å². The highest BCUT2D eigenvalue weighted by Gasteiger charge is 2.12. The second-order valence-electron chi connectivity index (χ2n) is 3.44. The topological polar surface area (TPSA) is 35.0 Å². The second kappa shape index (κ2) is 5.44. The van der Waals surface area contributed by atoms with Crippen LogP contribution in [0, 0.1) is 6.92 Å². The first-order valence-corrected chi connectivity index (χ1v) is 6.88. The monoisotopic (exact) mass is 332 g/mol. The minimum absolute atomic E-state index is 0.403. The molecule has 0 aliphatic heterocycles. The van der Waals surface area contributed by atoms with Crippen molar-refractivity contribution in [2.75, 3.05) is 7.11 Å². The maximum Gasteiger partial charge on any atom is 0.171 e. The van der Waals surface area contributed by atoms with Crippen molar-refractivity contribution in [3.05, 3.63) is 32.3 Å². The van der Waals surface area contributed by atoms with Crippen LogP contribution in [0.2, 0.25) is 5.15 Å². The Morgan fingerprint density at radius 1 is 1.41 bits per heavy atom. The highest BCUT2D eigenvalue weighted by molar-refractivity contribution is 9.10. The van der Waals surface area contributed by atoms with Gasteiger partial charge >= 0.3 is 0 Å². The third-order valence-electron chi connectivity index (χ3n) is 2.12. The normalized spacial score (nSPS) is 10.8. The zero-order chi connectivity index (χ0) is 12.4. The number of hydrogen-bond acceptors (Lipinski definition) is 4. The van der Waals surface area contributed by atoms with E-state index in [1.54, 1.807) is 18.4 Å². The lowest BCUT2D eigenvalue weighted by Crippen LogP contribution is -1.99. The molecule has 2 aromatic rings. The van der Waals surface area contributed by atoms with Crippen molar-refractivity contribution in [2.45, 2.75) is 13.5 Å². The molecule has 0 spiro atoms. The molecule has 6 heteroatoms. The Labute approximate surface area is 117 Å². The molecule has 0 radical (unpaired) electrons. The number of rotatable bonds is 3. The van der Waals surface area contributed by atoms with Crippen LogP contribution in [0.3, 0.4) is 0 Å². The van der Waals surface area contributed by atoms with E-state index in [9.17, 15) is 0 Å². The summed E-state index contributed by atoms with van der Waals surface area (Å²) in [6.45, 7) is 2.45. The van der Waals surface area contributed by atoms with Crippen molar-refractivity contribution in [1.82, 2.24) is 9.97 Å². The van der Waals surface area contributed by atoms with Gasteiger partial charge in [-0.15, -0.1) is 11.3 Å². The van der Waals surface area contributed by atoms with Crippen LogP contribution in [-0.4, -0.2) is 17.1 Å². The summed E-state index contributed by atoms with van der Waals surface area (Å²) in [5, 5.41) is 0.410. The molecular formula is C11H10BrClN2OS. The van der Waals surface area contributed by atoms with Crippen molar-refractivity contribution in [3.8, 4) is 10.7 Å². The number of nitrogens with zero attached hydrogens (tertiary/aromatic N) is 2. The van der Waals surface area contributed by atoms with Crippen LogP contribution >= 0.6 is 38.9 Å². The summed E-state index contributed by atoms with van der Waals surface area (Å²) in [6, 6.07) is 4.03. The van der Waals surface area contributed by atoms with Crippen LogP contribution in [0.25, 0.3) is 10.7 Å². The van der Waals surface area contributed by atoms with Gasteiger partial charge in [-0.1, -0.05) is 11.6 Å². The molecule has 0 aromatic carbocycles. The van der Waals surface area contributed by atoms with Gasteiger partial charge in [-0.2, -0.15) is 0 Å². The van der Waals surface area contributed by atoms with Gasteiger partial charge in [0.05, 0.1) is 21.7 Å². The lowest BCUT2D eigenvalue weighted by atomic mass is 10.3. The van der Waals surface area contributed by atoms with E-state index in [-0.39, 0.29) is 0 Å². The Kier molecular flexibility index (Phi) is 4.14. The van der Waals surface area contributed by atoms with E-state index < -0.39 is 0 Å². The van der Waals surface area contributed by atoms with Gasteiger partial charge in [-0.05, 0) is 35.0 Å². The number of ether oxygens (including phenoxy) is 1. The molecule has 2 heterocycles. The van der Waals surface area contributed by atoms with Gasteiger partial charge in [0, 0.05) is 12.0 Å². The minimum Gasteiger partial charge on any atom is -0.378 e. The zero-order valence-corrected chi connectivity index (χ0v) is 12.5. The molecule has 0 atom stereocenters. The maximum absolute atomic E-state index is 6.06. The molecule has 0 N–H and O–H groups in total. The molecule has 2 aromatic heterocycles. The van der Waals surface area contributed by atoms with Crippen LogP contribution in [0.1, 0.15) is 10.6 Å². The van der Waals surface area contributed by atoms with Gasteiger partial charge < -0.3 is 4.74 Å². The van der Waals surface area contributed by atoms with Crippen LogP contribution in [0.15, 0.2) is 16.6 Å². The number of methoxy groups -OCH3 is 1. The largest absolute Gasteiger partial charge is 0.378 e. The second-order valence-corrected chi connectivity index (χ2v) is 5.88. The summed E-state index contributed by atoms with van der Waals surface area (Å²) < 4.78 is 5.78. The Morgan fingerprint density at radius 2 is 2.18 bits per heavy atom. The maximum atomic E-state index is 6.06. The fourth-order valence-corrected chi connectivity index (χ4v) is 2.64. The van der Waals surface area contributed by atoms with Crippen LogP contribution in [0.4, 0.5) is 0 Å². The van der Waals surface area contributed by atoms with Crippen molar-refractivity contribution in [1.29, 1.82) is 0 Å². The van der Waals surface area contributed by atoms with Crippen molar-refractivity contribution in [2.24, 2.45) is 0 Å². The van der Waals surface area contributed by atoms with Gasteiger partial charge in [0.1, 0.15) is 5.15 Å². The highest BCUT2D eigenvalue weighted by atomic mass is 79.9. The molecule has 0 saturated carbocycles. The lowest BCUT2D eigenvalue weighted by Gasteiger charge is -2.06. The van der Waals surface area contributed by atoms with E-state index in [0.717, 1.165) is 10.6 Å². The molecule has 0 bridgehead atoms. The Hall–Kier alpha value is -0.490. The van der Waals surface area contributed by atoms with E-state index >= 15 is 0 Å². The Bertz CT molecular complexity index is 544. The quantitative estimate of drug-likeness (QED) is 0.794. The molecule has 0 amide bonds. The number of halogens is 2. The zero-order valence-electron chi connectivity index (χ0n) is 9.33. The number of thiophene rings is 1. The molecule has 0 fully saturated rings. The summed E-state index contributed by atoms with van der Waals surface area (Å²) in [7, 11) is 1.62. The average molecular weight is 334 g/mol. The molecule has 3 nitrogen and oxygen atoms in total. The smallest absolute Gasteiger partial charge is 0.171 e. The molecule has 90 valence electrons. The van der Waals surface area contributed by atoms with Crippen LogP contribution < -0.4 is 0 Å². The lowest BCUT2D eigenvalue weighted by molar-refractivity contribution is 0.181. The fraction of sp³-hybridized carbons (Fsp3) is 0.273. The number of aromatic nitrogens is 2. The average Bonchev–Trinajstić information content (AvgIpc) is 2.71. The molecule has 2 rings (SSSR count). The summed E-state index contributed by atoms with van der Waals surface area (Å²) in [4.78, 5) is 10.9. The molecule has 17 heavy (non-hydrogen) atoms. The summed E-state index contributed by atoms with van der Waals surface area (Å²) in [6.07, 6.45) is 0. The van der Waals surface area contributed by atoms with Gasteiger partial charge in [0.25, 0.3) is 0 Å². The van der Waals surface area contributed by atoms with E-state index in [4.69, 9.17) is 16.3 Å². The molecule has 0 aliphatic rings. The SMILES string of the molecule is COCc1nc(-c2ccc(C)s2)nc(Cl)c1Br. The first-order chi connectivity index (χ1) is 8.11. The number of aryl methyl sites for hydroxylation is 1. The standard InChI is InChI=1S/C11H10BrClN2OS/c1-6-3-4-8(17-6)11-14-7(5-16-2)9(12)10(13)15-11/h3-4H,5H2,1-2H3. The van der Waals surface area contributed by atoms with E-state index in [0.29, 0.717) is 22.1 Å². The molecule has 0 aliphatic carbocycles. The predicted octanol–water partition coefficient (Wildman–Crippen LogP) is 4.08. The molecular weight excluding hydrogens is 324 g/mol. The van der Waals surface area contributed by atoms with E-state index in [1.165, 1.54) is 4.88 Å². The summed E-state index contributed by atoms with van der Waals surface area (Å²) in [5.74, 6) is 0.642. The first-order valence-electron chi connectivity index (χ1n) is 4.89.